The Hall–Kier alpha value is 0. The van der Waals surface area contributed by atoms with Crippen LogP contribution in [0.5, 0.6) is 0 Å². The maximum Gasteiger partial charge on any atom is -0.0241 e. The average molecular weight is 397 g/mol. The molecular formula is C29H48. The van der Waals surface area contributed by atoms with E-state index in [0.29, 0.717) is 5.41 Å². The molecule has 0 aromatic carbocycles. The van der Waals surface area contributed by atoms with Gasteiger partial charge in [-0.1, -0.05) is 41.0 Å². The first-order valence-corrected chi connectivity index (χ1v) is 13.7. The van der Waals surface area contributed by atoms with Crippen LogP contribution >= 0.6 is 0 Å². The average Bonchev–Trinajstić information content (AvgIpc) is 3.39. The summed E-state index contributed by atoms with van der Waals surface area (Å²) >= 11 is 0. The van der Waals surface area contributed by atoms with Crippen molar-refractivity contribution in [2.75, 3.05) is 0 Å². The van der Waals surface area contributed by atoms with Gasteiger partial charge in [-0.05, 0) is 140 Å². The third kappa shape index (κ3) is 2.75. The summed E-state index contributed by atoms with van der Waals surface area (Å²) in [7, 11) is 0. The third-order valence-electron chi connectivity index (χ3n) is 12.7. The van der Waals surface area contributed by atoms with Crippen molar-refractivity contribution in [3.63, 3.8) is 0 Å². The SMILES string of the molecule is CC(C)(C)C12CC3CC(CC(C3)C1)C2.CC[C@@]1(C)CC2CC1C1C3CCC(C3)C21. The Morgan fingerprint density at radius 1 is 0.690 bits per heavy atom. The fraction of sp³-hybridized carbons (Fsp3) is 1.00. The van der Waals surface area contributed by atoms with Gasteiger partial charge in [0.2, 0.25) is 0 Å². The van der Waals surface area contributed by atoms with Crippen molar-refractivity contribution < 1.29 is 0 Å². The van der Waals surface area contributed by atoms with E-state index in [9.17, 15) is 0 Å². The highest BCUT2D eigenvalue weighted by Crippen LogP contribution is 2.72. The van der Waals surface area contributed by atoms with E-state index < -0.39 is 0 Å². The smallest absolute Gasteiger partial charge is 0.0241 e. The Balaban J connectivity index is 0.000000114. The van der Waals surface area contributed by atoms with Gasteiger partial charge >= 0.3 is 0 Å². The lowest BCUT2D eigenvalue weighted by molar-refractivity contribution is -0.113. The van der Waals surface area contributed by atoms with Crippen LogP contribution in [0.15, 0.2) is 0 Å². The summed E-state index contributed by atoms with van der Waals surface area (Å²) in [5.41, 5.74) is 2.04. The Kier molecular flexibility index (Phi) is 4.26. The van der Waals surface area contributed by atoms with E-state index in [1.54, 1.807) is 70.6 Å². The van der Waals surface area contributed by atoms with Crippen LogP contribution in [-0.2, 0) is 0 Å². The van der Waals surface area contributed by atoms with Crippen molar-refractivity contribution >= 4 is 0 Å². The van der Waals surface area contributed by atoms with Gasteiger partial charge in [0.25, 0.3) is 0 Å². The maximum absolute atomic E-state index is 2.60. The van der Waals surface area contributed by atoms with Crippen LogP contribution < -0.4 is 0 Å². The first kappa shape index (κ1) is 19.7. The molecule has 8 rings (SSSR count). The highest BCUT2D eigenvalue weighted by atomic mass is 14.7. The molecule has 8 bridgehead atoms. The van der Waals surface area contributed by atoms with Gasteiger partial charge in [0, 0.05) is 0 Å². The Bertz CT molecular complexity index is 616. The van der Waals surface area contributed by atoms with Gasteiger partial charge in [0.1, 0.15) is 0 Å². The highest BCUT2D eigenvalue weighted by molar-refractivity contribution is 5.13. The van der Waals surface area contributed by atoms with Crippen LogP contribution in [0.2, 0.25) is 0 Å². The molecule has 0 aromatic rings. The van der Waals surface area contributed by atoms with Crippen LogP contribution in [0.1, 0.15) is 112 Å². The molecule has 0 radical (unpaired) electrons. The summed E-state index contributed by atoms with van der Waals surface area (Å²) in [5, 5.41) is 0. The second-order valence-electron chi connectivity index (χ2n) is 14.7. The van der Waals surface area contributed by atoms with Gasteiger partial charge in [-0.25, -0.2) is 0 Å². The van der Waals surface area contributed by atoms with Crippen LogP contribution in [0.3, 0.4) is 0 Å². The summed E-state index contributed by atoms with van der Waals surface area (Å²) in [5.74, 6) is 10.4. The van der Waals surface area contributed by atoms with Crippen molar-refractivity contribution in [3.8, 4) is 0 Å². The number of fused-ring (bicyclic) bond motifs is 9. The molecule has 29 heavy (non-hydrogen) atoms. The molecule has 0 nitrogen and oxygen atoms in total. The van der Waals surface area contributed by atoms with E-state index >= 15 is 0 Å². The molecule has 0 heteroatoms. The van der Waals surface area contributed by atoms with E-state index in [2.05, 4.69) is 34.6 Å². The van der Waals surface area contributed by atoms with E-state index in [-0.39, 0.29) is 0 Å². The summed E-state index contributed by atoms with van der Waals surface area (Å²) in [6.07, 6.45) is 18.9. The predicted molar refractivity (Wildman–Crippen MR) is 122 cm³/mol. The van der Waals surface area contributed by atoms with Crippen molar-refractivity contribution in [1.29, 1.82) is 0 Å². The molecule has 0 aliphatic heterocycles. The molecule has 8 saturated carbocycles. The summed E-state index contributed by atoms with van der Waals surface area (Å²) < 4.78 is 0. The zero-order valence-corrected chi connectivity index (χ0v) is 20.2. The molecule has 0 N–H and O–H groups in total. The molecular weight excluding hydrogens is 348 g/mol. The third-order valence-corrected chi connectivity index (χ3v) is 12.7. The lowest BCUT2D eigenvalue weighted by Gasteiger charge is -2.62. The van der Waals surface area contributed by atoms with Crippen molar-refractivity contribution in [2.24, 2.45) is 69.5 Å². The monoisotopic (exact) mass is 396 g/mol. The van der Waals surface area contributed by atoms with E-state index in [1.807, 2.05) is 0 Å². The number of hydrogen-bond acceptors (Lipinski definition) is 0. The van der Waals surface area contributed by atoms with Crippen LogP contribution in [0, 0.1) is 69.5 Å². The maximum atomic E-state index is 2.60. The van der Waals surface area contributed by atoms with Crippen LogP contribution in [-0.4, -0.2) is 0 Å². The van der Waals surface area contributed by atoms with Gasteiger partial charge in [0.05, 0.1) is 0 Å². The van der Waals surface area contributed by atoms with Crippen LogP contribution in [0.25, 0.3) is 0 Å². The van der Waals surface area contributed by atoms with Crippen LogP contribution in [0.4, 0.5) is 0 Å². The molecule has 8 aliphatic rings. The van der Waals surface area contributed by atoms with Crippen molar-refractivity contribution in [2.45, 2.75) is 112 Å². The Morgan fingerprint density at radius 3 is 1.76 bits per heavy atom. The Labute approximate surface area is 181 Å². The highest BCUT2D eigenvalue weighted by Gasteiger charge is 2.64. The molecule has 0 heterocycles. The second-order valence-corrected chi connectivity index (χ2v) is 14.7. The van der Waals surface area contributed by atoms with Gasteiger partial charge in [-0.3, -0.25) is 0 Å². The first-order chi connectivity index (χ1) is 13.7. The normalized spacial score (nSPS) is 58.4. The minimum Gasteiger partial charge on any atom is -0.0649 e. The van der Waals surface area contributed by atoms with E-state index in [1.165, 1.54) is 30.1 Å². The number of hydrogen-bond donors (Lipinski definition) is 0. The van der Waals surface area contributed by atoms with Gasteiger partial charge in [-0.15, -0.1) is 0 Å². The molecule has 0 saturated heterocycles. The van der Waals surface area contributed by atoms with E-state index in [4.69, 9.17) is 0 Å². The molecule has 8 aliphatic carbocycles. The minimum atomic E-state index is 0.559. The fourth-order valence-electron chi connectivity index (χ4n) is 11.5. The molecule has 7 atom stereocenters. The molecule has 0 amide bonds. The zero-order chi connectivity index (χ0) is 20.2. The zero-order valence-electron chi connectivity index (χ0n) is 20.2. The molecule has 0 spiro atoms. The molecule has 6 unspecified atom stereocenters. The summed E-state index contributed by atoms with van der Waals surface area (Å²) in [6.45, 7) is 12.5. The molecule has 164 valence electrons. The topological polar surface area (TPSA) is 0 Å². The quantitative estimate of drug-likeness (QED) is 0.391. The van der Waals surface area contributed by atoms with E-state index in [0.717, 1.165) is 40.4 Å². The van der Waals surface area contributed by atoms with Gasteiger partial charge in [0.15, 0.2) is 0 Å². The predicted octanol–water partition coefficient (Wildman–Crippen LogP) is 8.35. The molecule has 8 fully saturated rings. The molecule has 0 aromatic heterocycles. The second kappa shape index (κ2) is 6.28. The standard InChI is InChI=1S/C15H24.C14H24/c1-3-15(2)8-11-7-12(15)14-10-5-4-9(6-10)13(11)14;1-13(2,3)14-7-10-4-11(8-14)6-12(5-10)9-14/h9-14H,3-8H2,1-2H3;10-12H,4-9H2,1-3H3/t9?,10?,11?,12?,13?,14?,15-;/m0./s1. The van der Waals surface area contributed by atoms with Gasteiger partial charge in [-0.2, -0.15) is 0 Å². The van der Waals surface area contributed by atoms with Crippen molar-refractivity contribution in [1.82, 2.24) is 0 Å². The lowest BCUT2D eigenvalue weighted by atomic mass is 9.43. The number of rotatable bonds is 1. The summed E-state index contributed by atoms with van der Waals surface area (Å²) in [6, 6.07) is 0. The summed E-state index contributed by atoms with van der Waals surface area (Å²) in [4.78, 5) is 0. The first-order valence-electron chi connectivity index (χ1n) is 13.7. The van der Waals surface area contributed by atoms with Gasteiger partial charge < -0.3 is 0 Å². The van der Waals surface area contributed by atoms with Crippen molar-refractivity contribution in [3.05, 3.63) is 0 Å². The Morgan fingerprint density at radius 2 is 1.24 bits per heavy atom. The lowest BCUT2D eigenvalue weighted by Crippen LogP contribution is -2.51. The minimum absolute atomic E-state index is 0.559. The largest absolute Gasteiger partial charge is 0.0649 e. The fourth-order valence-corrected chi connectivity index (χ4v) is 11.5.